The minimum atomic E-state index is -3.08. The average Bonchev–Trinajstić information content (AvgIpc) is 2.73. The third-order valence-corrected chi connectivity index (χ3v) is 4.58. The van der Waals surface area contributed by atoms with E-state index < -0.39 is 18.4 Å². The predicted molar refractivity (Wildman–Crippen MR) is 106 cm³/mol. The number of benzene rings is 3. The minimum Gasteiger partial charge on any atom is -0.490 e. The van der Waals surface area contributed by atoms with Crippen molar-refractivity contribution in [2.45, 2.75) is 13.5 Å². The number of hydrazone groups is 1. The Hall–Kier alpha value is -3.81. The molecular weight excluding hydrogens is 394 g/mol. The number of carbonyl (C=O) groups excluding carboxylic acids is 2. The second-order valence-electron chi connectivity index (χ2n) is 6.36. The van der Waals surface area contributed by atoms with Gasteiger partial charge < -0.3 is 9.47 Å². The van der Waals surface area contributed by atoms with Gasteiger partial charge in [-0.05, 0) is 36.6 Å². The maximum atomic E-state index is 12.9. The fourth-order valence-electron chi connectivity index (χ4n) is 3.36. The van der Waals surface area contributed by atoms with Crippen molar-refractivity contribution in [3.63, 3.8) is 0 Å². The lowest BCUT2D eigenvalue weighted by molar-refractivity contribution is -0.0515. The fraction of sp³-hybridized carbons (Fsp3) is 0.136. The van der Waals surface area contributed by atoms with Crippen molar-refractivity contribution in [2.24, 2.45) is 5.10 Å². The highest BCUT2D eigenvalue weighted by molar-refractivity contribution is 6.25. The molecule has 0 saturated heterocycles. The molecule has 3 aromatic carbocycles. The quantitative estimate of drug-likeness (QED) is 0.444. The molecular formula is C22H16F2N2O4. The molecule has 30 heavy (non-hydrogen) atoms. The predicted octanol–water partition coefficient (Wildman–Crippen LogP) is 4.47. The molecule has 1 aliphatic rings. The lowest BCUT2D eigenvalue weighted by atomic mass is 9.95. The molecule has 0 unspecified atom stereocenters. The van der Waals surface area contributed by atoms with E-state index in [1.165, 1.54) is 12.1 Å². The Bertz CT molecular complexity index is 1130. The molecule has 2 amide bonds. The molecule has 4 rings (SSSR count). The standard InChI is InChI=1S/C22H16F2N2O4/c1-2-29-17-11-5-8-14(19(17)30-22(23)24)12-25-26-20(27)15-9-3-6-13-7-4-10-16(18(13)15)21(26)28/h3-12,22H,2H2,1H3/b25-12-. The number of halogens is 2. The number of carbonyl (C=O) groups is 2. The van der Waals surface area contributed by atoms with Crippen molar-refractivity contribution in [1.82, 2.24) is 5.01 Å². The van der Waals surface area contributed by atoms with Gasteiger partial charge in [-0.15, -0.1) is 0 Å². The summed E-state index contributed by atoms with van der Waals surface area (Å²) >= 11 is 0. The summed E-state index contributed by atoms with van der Waals surface area (Å²) in [5.74, 6) is -1.32. The molecule has 0 aliphatic carbocycles. The third-order valence-electron chi connectivity index (χ3n) is 4.58. The minimum absolute atomic E-state index is 0.105. The molecule has 0 radical (unpaired) electrons. The van der Waals surface area contributed by atoms with Gasteiger partial charge in [0.1, 0.15) is 0 Å². The number of hydrogen-bond acceptors (Lipinski definition) is 5. The molecule has 0 saturated carbocycles. The molecule has 6 nitrogen and oxygen atoms in total. The molecule has 1 aliphatic heterocycles. The van der Waals surface area contributed by atoms with Crippen LogP contribution in [0.5, 0.6) is 11.5 Å². The van der Waals surface area contributed by atoms with Crippen LogP contribution in [-0.4, -0.2) is 36.3 Å². The van der Waals surface area contributed by atoms with E-state index in [1.807, 2.05) is 12.1 Å². The summed E-state index contributed by atoms with van der Waals surface area (Å²) < 4.78 is 35.7. The zero-order valence-electron chi connectivity index (χ0n) is 15.8. The summed E-state index contributed by atoms with van der Waals surface area (Å²) in [6.45, 7) is -1.14. The van der Waals surface area contributed by atoms with Crippen LogP contribution in [0.2, 0.25) is 0 Å². The van der Waals surface area contributed by atoms with Gasteiger partial charge in [-0.25, -0.2) is 0 Å². The van der Waals surface area contributed by atoms with Gasteiger partial charge in [-0.3, -0.25) is 9.59 Å². The molecule has 0 bridgehead atoms. The monoisotopic (exact) mass is 410 g/mol. The van der Waals surface area contributed by atoms with E-state index in [2.05, 4.69) is 9.84 Å². The number of ether oxygens (including phenoxy) is 2. The number of imide groups is 1. The Balaban J connectivity index is 1.74. The second kappa shape index (κ2) is 7.90. The number of para-hydroxylation sites is 1. The van der Waals surface area contributed by atoms with Gasteiger partial charge in [0.15, 0.2) is 11.5 Å². The first-order valence-electron chi connectivity index (χ1n) is 9.16. The van der Waals surface area contributed by atoms with Gasteiger partial charge >= 0.3 is 6.61 Å². The average molecular weight is 410 g/mol. The van der Waals surface area contributed by atoms with E-state index in [9.17, 15) is 18.4 Å². The summed E-state index contributed by atoms with van der Waals surface area (Å²) in [4.78, 5) is 25.8. The highest BCUT2D eigenvalue weighted by Gasteiger charge is 2.32. The molecule has 0 aromatic heterocycles. The number of rotatable bonds is 6. The number of amides is 2. The zero-order chi connectivity index (χ0) is 21.3. The maximum absolute atomic E-state index is 12.9. The Morgan fingerprint density at radius 2 is 1.63 bits per heavy atom. The third kappa shape index (κ3) is 3.36. The van der Waals surface area contributed by atoms with E-state index in [0.717, 1.165) is 16.6 Å². The van der Waals surface area contributed by atoms with Crippen LogP contribution < -0.4 is 9.47 Å². The maximum Gasteiger partial charge on any atom is 0.387 e. The van der Waals surface area contributed by atoms with Gasteiger partial charge in [0.2, 0.25) is 0 Å². The van der Waals surface area contributed by atoms with Crippen molar-refractivity contribution in [3.8, 4) is 11.5 Å². The van der Waals surface area contributed by atoms with Crippen LogP contribution in [0.25, 0.3) is 10.8 Å². The normalized spacial score (nSPS) is 13.5. The van der Waals surface area contributed by atoms with Gasteiger partial charge in [0.25, 0.3) is 11.8 Å². The summed E-state index contributed by atoms with van der Waals surface area (Å²) in [5.41, 5.74) is 0.817. The topological polar surface area (TPSA) is 68.2 Å². The first-order valence-corrected chi connectivity index (χ1v) is 9.16. The molecule has 1 heterocycles. The highest BCUT2D eigenvalue weighted by Crippen LogP contribution is 2.33. The molecule has 0 atom stereocenters. The zero-order valence-corrected chi connectivity index (χ0v) is 15.8. The Morgan fingerprint density at radius 1 is 1.00 bits per heavy atom. The lowest BCUT2D eigenvalue weighted by Gasteiger charge is -2.23. The first-order chi connectivity index (χ1) is 14.5. The fourth-order valence-corrected chi connectivity index (χ4v) is 3.36. The Kier molecular flexibility index (Phi) is 5.14. The van der Waals surface area contributed by atoms with Gasteiger partial charge in [0, 0.05) is 10.9 Å². The van der Waals surface area contributed by atoms with Crippen LogP contribution in [0, 0.1) is 0 Å². The summed E-state index contributed by atoms with van der Waals surface area (Å²) in [6.07, 6.45) is 1.13. The number of hydrogen-bond donors (Lipinski definition) is 0. The van der Waals surface area contributed by atoms with Gasteiger partial charge in [-0.2, -0.15) is 18.9 Å². The smallest absolute Gasteiger partial charge is 0.387 e. The Labute approximate surface area is 170 Å². The van der Waals surface area contributed by atoms with E-state index in [0.29, 0.717) is 16.5 Å². The summed E-state index contributed by atoms with van der Waals surface area (Å²) in [7, 11) is 0. The molecule has 0 fully saturated rings. The second-order valence-corrected chi connectivity index (χ2v) is 6.36. The Morgan fingerprint density at radius 3 is 2.23 bits per heavy atom. The molecule has 8 heteroatoms. The van der Waals surface area contributed by atoms with Crippen molar-refractivity contribution in [2.75, 3.05) is 6.61 Å². The molecule has 0 spiro atoms. The SMILES string of the molecule is CCOc1cccc(/C=N\N2C(=O)c3cccc4cccc(c34)C2=O)c1OC(F)F. The van der Waals surface area contributed by atoms with E-state index in [1.54, 1.807) is 37.3 Å². The van der Waals surface area contributed by atoms with Gasteiger partial charge in [-0.1, -0.05) is 30.3 Å². The van der Waals surface area contributed by atoms with E-state index in [-0.39, 0.29) is 23.7 Å². The summed E-state index contributed by atoms with van der Waals surface area (Å²) in [6, 6.07) is 14.8. The van der Waals surface area contributed by atoms with E-state index >= 15 is 0 Å². The van der Waals surface area contributed by atoms with Crippen LogP contribution in [-0.2, 0) is 0 Å². The van der Waals surface area contributed by atoms with Gasteiger partial charge in [0.05, 0.1) is 23.9 Å². The molecule has 0 N–H and O–H groups in total. The number of nitrogens with zero attached hydrogens (tertiary/aromatic N) is 2. The van der Waals surface area contributed by atoms with Crippen molar-refractivity contribution in [3.05, 3.63) is 71.3 Å². The molecule has 3 aromatic rings. The van der Waals surface area contributed by atoms with Crippen molar-refractivity contribution >= 4 is 28.8 Å². The summed E-state index contributed by atoms with van der Waals surface area (Å²) in [5, 5.41) is 6.06. The van der Waals surface area contributed by atoms with Crippen LogP contribution in [0.1, 0.15) is 33.2 Å². The van der Waals surface area contributed by atoms with Crippen LogP contribution in [0.15, 0.2) is 59.7 Å². The number of alkyl halides is 2. The van der Waals surface area contributed by atoms with Crippen LogP contribution in [0.4, 0.5) is 8.78 Å². The molecule has 152 valence electrons. The highest BCUT2D eigenvalue weighted by atomic mass is 19.3. The first kappa shape index (κ1) is 19.5. The lowest BCUT2D eigenvalue weighted by Crippen LogP contribution is -2.36. The largest absolute Gasteiger partial charge is 0.490 e. The van der Waals surface area contributed by atoms with E-state index in [4.69, 9.17) is 4.74 Å². The van der Waals surface area contributed by atoms with Crippen LogP contribution >= 0.6 is 0 Å². The van der Waals surface area contributed by atoms with Crippen molar-refractivity contribution in [1.29, 1.82) is 0 Å². The van der Waals surface area contributed by atoms with Crippen LogP contribution in [0.3, 0.4) is 0 Å². The van der Waals surface area contributed by atoms with Crippen molar-refractivity contribution < 1.29 is 27.8 Å².